The van der Waals surface area contributed by atoms with Gasteiger partial charge in [0.05, 0.1) is 24.6 Å². The summed E-state index contributed by atoms with van der Waals surface area (Å²) < 4.78 is 10.7. The van der Waals surface area contributed by atoms with Crippen molar-refractivity contribution in [1.29, 1.82) is 0 Å². The van der Waals surface area contributed by atoms with E-state index < -0.39 is 0 Å². The van der Waals surface area contributed by atoms with Gasteiger partial charge in [-0.3, -0.25) is 10.2 Å². The van der Waals surface area contributed by atoms with Crippen LogP contribution in [0.1, 0.15) is 24.3 Å². The molecule has 0 saturated carbocycles. The lowest BCUT2D eigenvalue weighted by Crippen LogP contribution is -2.38. The van der Waals surface area contributed by atoms with E-state index in [1.54, 1.807) is 19.4 Å². The molecular weight excluding hydrogens is 354 g/mol. The van der Waals surface area contributed by atoms with Gasteiger partial charge in [-0.25, -0.2) is 9.99 Å². The summed E-state index contributed by atoms with van der Waals surface area (Å²) >= 11 is 6.45. The van der Waals surface area contributed by atoms with Crippen molar-refractivity contribution >= 4 is 34.1 Å². The lowest BCUT2D eigenvalue weighted by atomic mass is 10.0. The molecule has 1 atom stereocenters. The minimum absolute atomic E-state index is 0.140. The normalized spacial score (nSPS) is 16.5. The van der Waals surface area contributed by atoms with Crippen molar-refractivity contribution in [3.63, 3.8) is 0 Å². The zero-order chi connectivity index (χ0) is 18.3. The fourth-order valence-corrected chi connectivity index (χ4v) is 3.27. The zero-order valence-corrected chi connectivity index (χ0v) is 14.9. The average Bonchev–Trinajstić information content (AvgIpc) is 3.30. The lowest BCUT2D eigenvalue weighted by Gasteiger charge is -2.24. The van der Waals surface area contributed by atoms with Crippen molar-refractivity contribution in [3.8, 4) is 5.75 Å². The number of rotatable bonds is 3. The number of ether oxygens (including phenoxy) is 1. The third-order valence-electron chi connectivity index (χ3n) is 4.29. The number of fused-ring (bicyclic) bond motifs is 1. The molecule has 7 heteroatoms. The molecule has 4 rings (SSSR count). The van der Waals surface area contributed by atoms with Gasteiger partial charge in [-0.05, 0) is 36.4 Å². The van der Waals surface area contributed by atoms with Gasteiger partial charge in [0.1, 0.15) is 16.9 Å². The van der Waals surface area contributed by atoms with Crippen LogP contribution in [0.15, 0.2) is 53.2 Å². The molecule has 0 aliphatic carbocycles. The molecule has 1 aromatic carbocycles. The molecule has 6 nitrogen and oxygen atoms in total. The van der Waals surface area contributed by atoms with E-state index in [1.165, 1.54) is 11.9 Å². The lowest BCUT2D eigenvalue weighted by molar-refractivity contribution is -0.132. The van der Waals surface area contributed by atoms with E-state index >= 15 is 0 Å². The van der Waals surface area contributed by atoms with E-state index in [4.69, 9.17) is 20.8 Å². The van der Waals surface area contributed by atoms with Gasteiger partial charge < -0.3 is 9.15 Å². The Labute approximate surface area is 155 Å². The molecule has 3 aromatic rings. The number of pyridine rings is 1. The Bertz CT molecular complexity index is 1010. The molecule has 2 aromatic heterocycles. The quantitative estimate of drug-likeness (QED) is 0.708. The number of aromatic nitrogens is 1. The fourth-order valence-electron chi connectivity index (χ4n) is 3.02. The highest BCUT2D eigenvalue weighted by molar-refractivity contribution is 6.30. The molecular formula is C19H16ClN3O3. The summed E-state index contributed by atoms with van der Waals surface area (Å²) in [5.74, 6) is 1.22. The van der Waals surface area contributed by atoms with Gasteiger partial charge in [0.15, 0.2) is 5.76 Å². The van der Waals surface area contributed by atoms with Crippen LogP contribution < -0.4 is 10.2 Å². The Morgan fingerprint density at radius 3 is 2.88 bits per heavy atom. The van der Waals surface area contributed by atoms with Crippen LogP contribution in [0.2, 0.25) is 5.15 Å². The van der Waals surface area contributed by atoms with E-state index in [1.807, 2.05) is 36.4 Å². The molecule has 3 heterocycles. The first kappa shape index (κ1) is 16.5. The molecule has 0 spiro atoms. The van der Waals surface area contributed by atoms with Crippen molar-refractivity contribution in [2.45, 2.75) is 13.0 Å². The summed E-state index contributed by atoms with van der Waals surface area (Å²) in [4.78, 5) is 16.6. The number of nitrogens with zero attached hydrogens (tertiary/aromatic N) is 2. The highest BCUT2D eigenvalue weighted by atomic mass is 35.5. The molecule has 1 aliphatic heterocycles. The van der Waals surface area contributed by atoms with Gasteiger partial charge in [0.2, 0.25) is 5.91 Å². The number of methoxy groups -OCH3 is 1. The maximum absolute atomic E-state index is 12.1. The van der Waals surface area contributed by atoms with Crippen LogP contribution in [0, 0.1) is 0 Å². The van der Waals surface area contributed by atoms with Crippen molar-refractivity contribution < 1.29 is 13.9 Å². The first-order valence-electron chi connectivity index (χ1n) is 8.03. The topological polar surface area (TPSA) is 67.6 Å². The maximum atomic E-state index is 12.1. The van der Waals surface area contributed by atoms with Crippen LogP contribution in [-0.2, 0) is 4.79 Å². The second-order valence-corrected chi connectivity index (χ2v) is 6.29. The minimum Gasteiger partial charge on any atom is -0.497 e. The Morgan fingerprint density at radius 1 is 1.35 bits per heavy atom. The number of nitrogens with one attached hydrogen (secondary N) is 1. The van der Waals surface area contributed by atoms with E-state index in [2.05, 4.69) is 10.4 Å². The highest BCUT2D eigenvalue weighted by Gasteiger charge is 2.31. The maximum Gasteiger partial charge on any atom is 0.238 e. The molecule has 0 fully saturated rings. The van der Waals surface area contributed by atoms with Crippen LogP contribution in [0.5, 0.6) is 5.75 Å². The molecule has 132 valence electrons. The van der Waals surface area contributed by atoms with Crippen LogP contribution in [0.4, 0.5) is 0 Å². The minimum atomic E-state index is -0.390. The molecule has 26 heavy (non-hydrogen) atoms. The van der Waals surface area contributed by atoms with E-state index in [0.29, 0.717) is 22.4 Å². The number of furan rings is 1. The third kappa shape index (κ3) is 2.78. The molecule has 0 radical (unpaired) electrons. The molecule has 1 N–H and O–H groups in total. The van der Waals surface area contributed by atoms with Gasteiger partial charge in [-0.15, -0.1) is 0 Å². The van der Waals surface area contributed by atoms with Crippen LogP contribution >= 0.6 is 11.6 Å². The number of hydrogen-bond acceptors (Lipinski definition) is 5. The van der Waals surface area contributed by atoms with Gasteiger partial charge in [0, 0.05) is 23.9 Å². The number of amides is 1. The van der Waals surface area contributed by atoms with Crippen molar-refractivity contribution in [3.05, 3.63) is 65.2 Å². The number of halogens is 1. The van der Waals surface area contributed by atoms with Crippen molar-refractivity contribution in [1.82, 2.24) is 15.4 Å². The predicted molar refractivity (Wildman–Crippen MR) is 98.4 cm³/mol. The van der Waals surface area contributed by atoms with E-state index in [9.17, 15) is 4.79 Å². The van der Waals surface area contributed by atoms with Gasteiger partial charge in [0.25, 0.3) is 0 Å². The first-order valence-corrected chi connectivity index (χ1v) is 8.41. The van der Waals surface area contributed by atoms with Crippen molar-refractivity contribution in [2.75, 3.05) is 7.11 Å². The van der Waals surface area contributed by atoms with Crippen LogP contribution in [0.25, 0.3) is 16.6 Å². The molecule has 1 aliphatic rings. The Morgan fingerprint density at radius 2 is 2.19 bits per heavy atom. The highest BCUT2D eigenvalue weighted by Crippen LogP contribution is 2.36. The largest absolute Gasteiger partial charge is 0.497 e. The van der Waals surface area contributed by atoms with Gasteiger partial charge in [-0.2, -0.15) is 0 Å². The number of carbonyl (C=O) groups is 1. The molecule has 0 bridgehead atoms. The number of hydrogen-bond donors (Lipinski definition) is 1. The molecule has 1 amide bonds. The summed E-state index contributed by atoms with van der Waals surface area (Å²) in [5.41, 5.74) is 5.25. The van der Waals surface area contributed by atoms with Gasteiger partial charge in [-0.1, -0.05) is 11.6 Å². The first-order chi connectivity index (χ1) is 12.6. The summed E-state index contributed by atoms with van der Waals surface area (Å²) in [6.07, 6.45) is 3.49. The Hall–Kier alpha value is -2.99. The second kappa shape index (κ2) is 6.38. The SMILES string of the molecule is COc1ccc2cc([C@@H]3C=C(c4ccco4)NN3C(C)=O)c(Cl)nc2c1. The molecule has 0 unspecified atom stereocenters. The second-order valence-electron chi connectivity index (χ2n) is 5.93. The summed E-state index contributed by atoms with van der Waals surface area (Å²) in [5, 5.41) is 2.75. The standard InChI is InChI=1S/C19H16ClN3O3/c1-11(24)23-17(10-16(22-23)18-4-3-7-26-18)14-8-12-5-6-13(25-2)9-15(12)21-19(14)20/h3-10,17,22H,1-2H3/t17-/m0/s1. The van der Waals surface area contributed by atoms with Crippen LogP contribution in [-0.4, -0.2) is 23.0 Å². The van der Waals surface area contributed by atoms with Gasteiger partial charge >= 0.3 is 0 Å². The smallest absolute Gasteiger partial charge is 0.238 e. The number of benzene rings is 1. The Balaban J connectivity index is 1.81. The average molecular weight is 370 g/mol. The summed E-state index contributed by atoms with van der Waals surface area (Å²) in [6.45, 7) is 1.49. The molecule has 0 saturated heterocycles. The van der Waals surface area contributed by atoms with E-state index in [0.717, 1.165) is 16.5 Å². The summed E-state index contributed by atoms with van der Waals surface area (Å²) in [6, 6.07) is 10.8. The summed E-state index contributed by atoms with van der Waals surface area (Å²) in [7, 11) is 1.60. The zero-order valence-electron chi connectivity index (χ0n) is 14.2. The number of hydrazine groups is 1. The van der Waals surface area contributed by atoms with Crippen molar-refractivity contribution in [2.24, 2.45) is 0 Å². The van der Waals surface area contributed by atoms with E-state index in [-0.39, 0.29) is 11.9 Å². The predicted octanol–water partition coefficient (Wildman–Crippen LogP) is 3.94. The van der Waals surface area contributed by atoms with Crippen LogP contribution in [0.3, 0.4) is 0 Å². The Kier molecular flexibility index (Phi) is 4.05. The monoisotopic (exact) mass is 369 g/mol. The fraction of sp³-hybridized carbons (Fsp3) is 0.158. The third-order valence-corrected chi connectivity index (χ3v) is 4.60. The number of carbonyl (C=O) groups excluding carboxylic acids is 1.